The summed E-state index contributed by atoms with van der Waals surface area (Å²) in [5, 5.41) is 0.843. The number of para-hydroxylation sites is 1. The Hall–Kier alpha value is -1.50. The molecule has 1 aromatic heterocycles. The summed E-state index contributed by atoms with van der Waals surface area (Å²) in [6.07, 6.45) is 1.60. The lowest BCUT2D eigenvalue weighted by Crippen LogP contribution is -2.50. The van der Waals surface area contributed by atoms with Gasteiger partial charge in [-0.2, -0.15) is 4.31 Å². The van der Waals surface area contributed by atoms with E-state index in [2.05, 4.69) is 4.98 Å². The number of pyridine rings is 1. The van der Waals surface area contributed by atoms with Crippen molar-refractivity contribution in [1.82, 2.24) is 9.29 Å². The summed E-state index contributed by atoms with van der Waals surface area (Å²) in [7, 11) is -3.59. The Morgan fingerprint density at radius 1 is 1.32 bits per heavy atom. The molecule has 0 radical (unpaired) electrons. The molecule has 2 heterocycles. The van der Waals surface area contributed by atoms with Crippen molar-refractivity contribution in [2.45, 2.75) is 37.8 Å². The number of rotatable bonds is 2. The molecule has 0 spiro atoms. The molecule has 1 saturated heterocycles. The largest absolute Gasteiger partial charge is 0.375 e. The maximum Gasteiger partial charge on any atom is 0.245 e. The van der Waals surface area contributed by atoms with Crippen LogP contribution in [-0.2, 0) is 14.8 Å². The van der Waals surface area contributed by atoms with E-state index in [9.17, 15) is 8.42 Å². The van der Waals surface area contributed by atoms with Crippen LogP contribution in [0.5, 0.6) is 0 Å². The first-order valence-electron chi connectivity index (χ1n) is 7.38. The normalized spacial score (nSPS) is 23.8. The highest BCUT2D eigenvalue weighted by atomic mass is 32.2. The molecule has 118 valence electrons. The van der Waals surface area contributed by atoms with E-state index < -0.39 is 10.0 Å². The number of fused-ring (bicyclic) bond motifs is 1. The van der Waals surface area contributed by atoms with Gasteiger partial charge in [0.05, 0.1) is 18.2 Å². The summed E-state index contributed by atoms with van der Waals surface area (Å²) in [6.45, 7) is 6.48. The summed E-state index contributed by atoms with van der Waals surface area (Å²) in [5.74, 6) is 0. The highest BCUT2D eigenvalue weighted by Gasteiger charge is 2.35. The van der Waals surface area contributed by atoms with Crippen molar-refractivity contribution < 1.29 is 13.2 Å². The van der Waals surface area contributed by atoms with Crippen molar-refractivity contribution >= 4 is 20.9 Å². The predicted octanol–water partition coefficient (Wildman–Crippen LogP) is 2.34. The summed E-state index contributed by atoms with van der Waals surface area (Å²) >= 11 is 0. The molecule has 1 fully saturated rings. The molecular formula is C16H20N2O3S. The van der Waals surface area contributed by atoms with Crippen molar-refractivity contribution in [2.24, 2.45) is 0 Å². The first-order chi connectivity index (χ1) is 10.4. The lowest BCUT2D eigenvalue weighted by molar-refractivity contribution is -0.0170. The molecule has 0 amide bonds. The van der Waals surface area contributed by atoms with Gasteiger partial charge in [-0.1, -0.05) is 12.1 Å². The van der Waals surface area contributed by atoms with Gasteiger partial charge in [-0.3, -0.25) is 4.98 Å². The fourth-order valence-corrected chi connectivity index (χ4v) is 4.64. The van der Waals surface area contributed by atoms with Crippen LogP contribution >= 0.6 is 0 Å². The molecule has 5 nitrogen and oxygen atoms in total. The fourth-order valence-electron chi connectivity index (χ4n) is 2.79. The minimum Gasteiger partial charge on any atom is -0.375 e. The molecular weight excluding hydrogens is 300 g/mol. The third-order valence-corrected chi connectivity index (χ3v) is 5.96. The van der Waals surface area contributed by atoms with E-state index in [4.69, 9.17) is 4.74 Å². The lowest BCUT2D eigenvalue weighted by Gasteiger charge is -2.35. The fraction of sp³-hybridized carbons (Fsp3) is 0.438. The third kappa shape index (κ3) is 2.62. The van der Waals surface area contributed by atoms with Crippen LogP contribution < -0.4 is 0 Å². The van der Waals surface area contributed by atoms with E-state index in [0.29, 0.717) is 18.7 Å². The number of benzene rings is 1. The number of hydrogen-bond acceptors (Lipinski definition) is 4. The Kier molecular flexibility index (Phi) is 3.92. The van der Waals surface area contributed by atoms with Crippen LogP contribution in [0.4, 0.5) is 0 Å². The number of nitrogens with zero attached hydrogens (tertiary/aromatic N) is 2. The van der Waals surface area contributed by atoms with E-state index in [1.54, 1.807) is 18.3 Å². The molecule has 2 aromatic rings. The van der Waals surface area contributed by atoms with Crippen molar-refractivity contribution in [3.63, 3.8) is 0 Å². The third-order valence-electron chi connectivity index (χ3n) is 3.95. The molecule has 6 heteroatoms. The maximum atomic E-state index is 13.1. The van der Waals surface area contributed by atoms with E-state index in [1.165, 1.54) is 4.31 Å². The second-order valence-corrected chi connectivity index (χ2v) is 7.77. The minimum absolute atomic E-state index is 0.101. The van der Waals surface area contributed by atoms with Crippen molar-refractivity contribution in [2.75, 3.05) is 13.2 Å². The second-order valence-electron chi connectivity index (χ2n) is 5.91. The van der Waals surface area contributed by atoms with Gasteiger partial charge < -0.3 is 4.74 Å². The molecule has 1 aliphatic heterocycles. The maximum absolute atomic E-state index is 13.1. The van der Waals surface area contributed by atoms with E-state index in [0.717, 1.165) is 10.9 Å². The molecule has 0 saturated carbocycles. The Labute approximate surface area is 131 Å². The van der Waals surface area contributed by atoms with Crippen molar-refractivity contribution in [3.8, 4) is 0 Å². The molecule has 3 rings (SSSR count). The summed E-state index contributed by atoms with van der Waals surface area (Å²) < 4.78 is 33.2. The molecule has 2 atom stereocenters. The SMILES string of the molecule is Cc1cnc2c(S(=O)(=O)N3C[C@@H](C)OC[C@H]3C)cccc2c1. The minimum atomic E-state index is -3.59. The van der Waals surface area contributed by atoms with Gasteiger partial charge in [0, 0.05) is 24.2 Å². The van der Waals surface area contributed by atoms with Gasteiger partial charge in [-0.25, -0.2) is 8.42 Å². The van der Waals surface area contributed by atoms with Gasteiger partial charge in [-0.15, -0.1) is 0 Å². The number of ether oxygens (including phenoxy) is 1. The molecule has 0 N–H and O–H groups in total. The number of hydrogen-bond donors (Lipinski definition) is 0. The summed E-state index contributed by atoms with van der Waals surface area (Å²) in [4.78, 5) is 4.62. The van der Waals surface area contributed by atoms with Crippen molar-refractivity contribution in [1.29, 1.82) is 0 Å². The van der Waals surface area contributed by atoms with Gasteiger partial charge in [0.1, 0.15) is 4.90 Å². The van der Waals surface area contributed by atoms with Crippen LogP contribution in [0.15, 0.2) is 35.4 Å². The van der Waals surface area contributed by atoms with Gasteiger partial charge >= 0.3 is 0 Å². The molecule has 0 aliphatic carbocycles. The second kappa shape index (κ2) is 5.61. The van der Waals surface area contributed by atoms with Crippen LogP contribution in [0, 0.1) is 6.92 Å². The topological polar surface area (TPSA) is 59.5 Å². The van der Waals surface area contributed by atoms with E-state index in [1.807, 2.05) is 32.9 Å². The summed E-state index contributed by atoms with van der Waals surface area (Å²) in [5.41, 5.74) is 1.54. The Morgan fingerprint density at radius 2 is 2.09 bits per heavy atom. The predicted molar refractivity (Wildman–Crippen MR) is 85.2 cm³/mol. The van der Waals surface area contributed by atoms with Crippen LogP contribution in [0.25, 0.3) is 10.9 Å². The highest BCUT2D eigenvalue weighted by Crippen LogP contribution is 2.27. The standard InChI is InChI=1S/C16H20N2O3S/c1-11-7-14-5-4-6-15(16(14)17-8-11)22(19,20)18-9-13(3)21-10-12(18)2/h4-8,12-13H,9-10H2,1-3H3/t12-,13-/m1/s1. The lowest BCUT2D eigenvalue weighted by atomic mass is 10.2. The zero-order valence-corrected chi connectivity index (χ0v) is 13.8. The zero-order chi connectivity index (χ0) is 15.9. The number of sulfonamides is 1. The quantitative estimate of drug-likeness (QED) is 0.852. The molecule has 0 unspecified atom stereocenters. The molecule has 1 aliphatic rings. The first kappa shape index (κ1) is 15.4. The molecule has 0 bridgehead atoms. The first-order valence-corrected chi connectivity index (χ1v) is 8.82. The van der Waals surface area contributed by atoms with E-state index >= 15 is 0 Å². The zero-order valence-electron chi connectivity index (χ0n) is 13.0. The number of morpholine rings is 1. The Balaban J connectivity index is 2.13. The monoisotopic (exact) mass is 320 g/mol. The van der Waals surface area contributed by atoms with E-state index in [-0.39, 0.29) is 17.0 Å². The van der Waals surface area contributed by atoms with Crippen molar-refractivity contribution in [3.05, 3.63) is 36.0 Å². The Bertz CT molecular complexity index is 804. The van der Waals surface area contributed by atoms with Gasteiger partial charge in [0.25, 0.3) is 0 Å². The average molecular weight is 320 g/mol. The van der Waals surface area contributed by atoms with Gasteiger partial charge in [0.2, 0.25) is 10.0 Å². The summed E-state index contributed by atoms with van der Waals surface area (Å²) in [6, 6.07) is 7.06. The van der Waals surface area contributed by atoms with Crippen LogP contribution in [0.3, 0.4) is 0 Å². The Morgan fingerprint density at radius 3 is 2.86 bits per heavy atom. The van der Waals surface area contributed by atoms with Gasteiger partial charge in [0.15, 0.2) is 0 Å². The molecule has 1 aromatic carbocycles. The number of aromatic nitrogens is 1. The average Bonchev–Trinajstić information content (AvgIpc) is 2.48. The molecule has 22 heavy (non-hydrogen) atoms. The van der Waals surface area contributed by atoms with Crippen LogP contribution in [0.1, 0.15) is 19.4 Å². The van der Waals surface area contributed by atoms with Crippen LogP contribution in [0.2, 0.25) is 0 Å². The van der Waals surface area contributed by atoms with Crippen LogP contribution in [-0.4, -0.2) is 43.0 Å². The smallest absolute Gasteiger partial charge is 0.245 e. The van der Waals surface area contributed by atoms with Gasteiger partial charge in [-0.05, 0) is 38.5 Å². The number of aryl methyl sites for hydroxylation is 1. The highest BCUT2D eigenvalue weighted by molar-refractivity contribution is 7.89.